The molecule has 4 aromatic carbocycles. The lowest BCUT2D eigenvalue weighted by atomic mass is 9.76. The Hall–Kier alpha value is -4.19. The fraction of sp³-hybridized carbons (Fsp3) is 0.0833. The van der Waals surface area contributed by atoms with E-state index in [0.717, 1.165) is 42.3 Å². The Labute approximate surface area is 281 Å². The SMILES string of the molecule is Clc1ccccc1C(c1ccccc1)(c1ccccc1)n1ccnc1.N#C/C(=C1/SCC(c2ccccc2Cl)S1)n1ccnc1. The van der Waals surface area contributed by atoms with E-state index in [2.05, 4.69) is 75.2 Å². The van der Waals surface area contributed by atoms with Gasteiger partial charge in [0.15, 0.2) is 0 Å². The first-order valence-electron chi connectivity index (χ1n) is 14.1. The van der Waals surface area contributed by atoms with E-state index >= 15 is 0 Å². The fourth-order valence-corrected chi connectivity index (χ4v) is 8.98. The van der Waals surface area contributed by atoms with Crippen molar-refractivity contribution in [2.75, 3.05) is 5.75 Å². The van der Waals surface area contributed by atoms with E-state index in [1.165, 1.54) is 0 Å². The van der Waals surface area contributed by atoms with Crippen LogP contribution >= 0.6 is 46.7 Å². The highest BCUT2D eigenvalue weighted by Gasteiger charge is 2.39. The molecule has 1 unspecified atom stereocenters. The second-order valence-corrected chi connectivity index (χ2v) is 13.4. The maximum absolute atomic E-state index is 9.36. The molecule has 0 spiro atoms. The number of imidazole rings is 2. The van der Waals surface area contributed by atoms with Gasteiger partial charge in [0.2, 0.25) is 0 Å². The number of hydrogen-bond acceptors (Lipinski definition) is 5. The monoisotopic (exact) mass is 663 g/mol. The lowest BCUT2D eigenvalue weighted by Gasteiger charge is -2.37. The molecule has 0 amide bonds. The molecule has 0 radical (unpaired) electrons. The Morgan fingerprint density at radius 2 is 1.36 bits per heavy atom. The number of rotatable bonds is 6. The van der Waals surface area contributed by atoms with Gasteiger partial charge in [-0.2, -0.15) is 5.26 Å². The average molecular weight is 665 g/mol. The number of aromatic nitrogens is 4. The maximum atomic E-state index is 9.36. The standard InChI is InChI=1S/C22H17ClN2.C14H10ClN3S2/c23-21-14-8-7-13-20(21)22(25-16-15-24-17-25,18-9-3-1-4-10-18)19-11-5-2-6-12-19;15-11-4-2-1-3-10(11)13-8-19-14(20-13)12(7-16)18-6-5-17-9-18/h1-17H;1-6,9,13H,8H2/b;14-12+. The predicted molar refractivity (Wildman–Crippen MR) is 187 cm³/mol. The van der Waals surface area contributed by atoms with Gasteiger partial charge in [0.1, 0.15) is 17.3 Å². The zero-order chi connectivity index (χ0) is 31.1. The summed E-state index contributed by atoms with van der Waals surface area (Å²) < 4.78 is 4.90. The van der Waals surface area contributed by atoms with Crippen molar-refractivity contribution in [2.45, 2.75) is 10.8 Å². The molecule has 0 saturated carbocycles. The molecular formula is C36H27Cl2N5S2. The summed E-state index contributed by atoms with van der Waals surface area (Å²) in [6.45, 7) is 0. The molecule has 1 aliphatic heterocycles. The second-order valence-electron chi connectivity index (χ2n) is 10.0. The van der Waals surface area contributed by atoms with Crippen molar-refractivity contribution in [3.8, 4) is 6.07 Å². The van der Waals surface area contributed by atoms with Gasteiger partial charge in [-0.3, -0.25) is 4.57 Å². The summed E-state index contributed by atoms with van der Waals surface area (Å²) in [6, 6.07) is 39.0. The molecule has 6 aromatic rings. The first kappa shape index (κ1) is 30.8. The second kappa shape index (κ2) is 14.3. The Balaban J connectivity index is 0.000000163. The van der Waals surface area contributed by atoms with Crippen LogP contribution in [0, 0.1) is 11.3 Å². The highest BCUT2D eigenvalue weighted by atomic mass is 35.5. The zero-order valence-corrected chi connectivity index (χ0v) is 27.1. The van der Waals surface area contributed by atoms with Crippen LogP contribution in [0.1, 0.15) is 27.5 Å². The van der Waals surface area contributed by atoms with Gasteiger partial charge in [-0.05, 0) is 28.8 Å². The van der Waals surface area contributed by atoms with E-state index in [-0.39, 0.29) is 5.25 Å². The largest absolute Gasteiger partial charge is 0.319 e. The van der Waals surface area contributed by atoms with Crippen LogP contribution in [-0.4, -0.2) is 24.9 Å². The third-order valence-corrected chi connectivity index (χ3v) is 11.1. The minimum atomic E-state index is -0.586. The number of allylic oxidation sites excluding steroid dienone is 1. The predicted octanol–water partition coefficient (Wildman–Crippen LogP) is 9.78. The van der Waals surface area contributed by atoms with Crippen LogP contribution in [0.15, 0.2) is 151 Å². The number of thioether (sulfide) groups is 2. The van der Waals surface area contributed by atoms with E-state index < -0.39 is 5.54 Å². The summed E-state index contributed by atoms with van der Waals surface area (Å²) in [7, 11) is 0. The van der Waals surface area contributed by atoms with Crippen molar-refractivity contribution in [2.24, 2.45) is 0 Å². The van der Waals surface area contributed by atoms with E-state index in [1.54, 1.807) is 53.0 Å². The third kappa shape index (κ3) is 6.33. The first-order valence-corrected chi connectivity index (χ1v) is 16.8. The summed E-state index contributed by atoms with van der Waals surface area (Å²) in [5.74, 6) is 0.920. The van der Waals surface area contributed by atoms with Gasteiger partial charge in [-0.1, -0.05) is 120 Å². The van der Waals surface area contributed by atoms with Crippen LogP contribution in [0.4, 0.5) is 0 Å². The van der Waals surface area contributed by atoms with Crippen molar-refractivity contribution in [1.82, 2.24) is 19.1 Å². The van der Waals surface area contributed by atoms with Crippen molar-refractivity contribution in [1.29, 1.82) is 5.26 Å². The molecule has 1 saturated heterocycles. The van der Waals surface area contributed by atoms with Crippen LogP contribution in [0.3, 0.4) is 0 Å². The molecule has 1 aliphatic rings. The van der Waals surface area contributed by atoms with Gasteiger partial charge in [0.05, 0.1) is 16.9 Å². The van der Waals surface area contributed by atoms with Gasteiger partial charge >= 0.3 is 0 Å². The number of benzene rings is 4. The number of nitrogens with zero attached hydrogens (tertiary/aromatic N) is 5. The van der Waals surface area contributed by atoms with Gasteiger partial charge in [-0.15, -0.1) is 23.5 Å². The molecular weight excluding hydrogens is 637 g/mol. The third-order valence-electron chi connectivity index (χ3n) is 7.47. The molecule has 0 N–H and O–H groups in total. The Bertz CT molecular complexity index is 1880. The molecule has 7 rings (SSSR count). The quantitative estimate of drug-likeness (QED) is 0.131. The average Bonchev–Trinajstić information content (AvgIpc) is 3.90. The summed E-state index contributed by atoms with van der Waals surface area (Å²) in [5.41, 5.74) is 4.46. The molecule has 2 aromatic heterocycles. The van der Waals surface area contributed by atoms with Gasteiger partial charge < -0.3 is 4.57 Å². The number of halogens is 2. The lowest BCUT2D eigenvalue weighted by Crippen LogP contribution is -2.37. The molecule has 1 atom stereocenters. The molecule has 5 nitrogen and oxygen atoms in total. The molecule has 0 aliphatic carbocycles. The normalized spacial score (nSPS) is 15.5. The van der Waals surface area contributed by atoms with E-state index in [9.17, 15) is 5.26 Å². The van der Waals surface area contributed by atoms with Crippen molar-refractivity contribution in [3.05, 3.63) is 183 Å². The van der Waals surface area contributed by atoms with E-state index in [1.807, 2.05) is 67.1 Å². The zero-order valence-electron chi connectivity index (χ0n) is 23.9. The highest BCUT2D eigenvalue weighted by molar-refractivity contribution is 8.25. The summed E-state index contributed by atoms with van der Waals surface area (Å²) in [6.07, 6.45) is 10.8. The van der Waals surface area contributed by atoms with Crippen LogP contribution in [0.25, 0.3) is 5.70 Å². The smallest absolute Gasteiger partial charge is 0.145 e. The van der Waals surface area contributed by atoms with Crippen molar-refractivity contribution in [3.63, 3.8) is 0 Å². The summed E-state index contributed by atoms with van der Waals surface area (Å²) in [4.78, 5) is 8.31. The highest BCUT2D eigenvalue weighted by Crippen LogP contribution is 2.53. The minimum Gasteiger partial charge on any atom is -0.319 e. The molecule has 1 fully saturated rings. The molecule has 222 valence electrons. The lowest BCUT2D eigenvalue weighted by molar-refractivity contribution is 0.515. The Morgan fingerprint density at radius 3 is 1.93 bits per heavy atom. The minimum absolute atomic E-state index is 0.288. The number of nitriles is 1. The van der Waals surface area contributed by atoms with Crippen LogP contribution < -0.4 is 0 Å². The molecule has 45 heavy (non-hydrogen) atoms. The van der Waals surface area contributed by atoms with Crippen molar-refractivity contribution >= 4 is 52.4 Å². The van der Waals surface area contributed by atoms with Gasteiger partial charge in [0, 0.05) is 51.4 Å². The number of hydrogen-bond donors (Lipinski definition) is 0. The topological polar surface area (TPSA) is 59.4 Å². The molecule has 0 bridgehead atoms. The molecule has 9 heteroatoms. The van der Waals surface area contributed by atoms with E-state index in [4.69, 9.17) is 23.2 Å². The maximum Gasteiger partial charge on any atom is 0.145 e. The van der Waals surface area contributed by atoms with Crippen LogP contribution in [0.5, 0.6) is 0 Å². The first-order chi connectivity index (χ1) is 22.1. The van der Waals surface area contributed by atoms with Crippen LogP contribution in [0.2, 0.25) is 10.0 Å². The summed E-state index contributed by atoms with van der Waals surface area (Å²) >= 11 is 16.3. The van der Waals surface area contributed by atoms with E-state index in [0.29, 0.717) is 5.70 Å². The van der Waals surface area contributed by atoms with Crippen molar-refractivity contribution < 1.29 is 0 Å². The van der Waals surface area contributed by atoms with Gasteiger partial charge in [0.25, 0.3) is 0 Å². The van der Waals surface area contributed by atoms with Crippen LogP contribution in [-0.2, 0) is 5.54 Å². The molecule has 3 heterocycles. The Morgan fingerprint density at radius 1 is 0.756 bits per heavy atom. The fourth-order valence-electron chi connectivity index (χ4n) is 5.45. The summed E-state index contributed by atoms with van der Waals surface area (Å²) in [5, 5.41) is 11.2. The Kier molecular flexibility index (Phi) is 9.78. The van der Waals surface area contributed by atoms with Gasteiger partial charge in [-0.25, -0.2) is 9.97 Å².